The lowest BCUT2D eigenvalue weighted by atomic mass is 10.2. The van der Waals surface area contributed by atoms with Crippen LogP contribution >= 0.6 is 34.5 Å². The van der Waals surface area contributed by atoms with Crippen molar-refractivity contribution < 1.29 is 9.53 Å². The molecule has 0 radical (unpaired) electrons. The number of aromatic nitrogens is 1. The highest BCUT2D eigenvalue weighted by molar-refractivity contribution is 7.14. The van der Waals surface area contributed by atoms with E-state index in [1.807, 2.05) is 0 Å². The van der Waals surface area contributed by atoms with Gasteiger partial charge < -0.3 is 10.1 Å². The number of amides is 2. The Morgan fingerprint density at radius 1 is 1.12 bits per heavy atom. The summed E-state index contributed by atoms with van der Waals surface area (Å²) in [4.78, 5) is 16.4. The quantitative estimate of drug-likeness (QED) is 0.591. The maximum atomic E-state index is 12.1. The Hall–Kier alpha value is -2.28. The van der Waals surface area contributed by atoms with Crippen molar-refractivity contribution in [1.29, 1.82) is 0 Å². The Morgan fingerprint density at radius 2 is 1.88 bits per heavy atom. The van der Waals surface area contributed by atoms with E-state index in [0.29, 0.717) is 37.9 Å². The highest BCUT2D eigenvalue weighted by atomic mass is 35.5. The standard InChI is InChI=1S/C17H13Cl2N3O2S/c1-24-12-5-3-11(4-6-12)20-16(23)22-17-21-15(9-25-17)13-8-10(18)2-7-14(13)19/h2-9H,1H3,(H2,20,21,22,23). The van der Waals surface area contributed by atoms with E-state index in [4.69, 9.17) is 27.9 Å². The molecule has 25 heavy (non-hydrogen) atoms. The maximum Gasteiger partial charge on any atom is 0.325 e. The summed E-state index contributed by atoms with van der Waals surface area (Å²) >= 11 is 13.5. The molecule has 8 heteroatoms. The highest BCUT2D eigenvalue weighted by Crippen LogP contribution is 2.32. The SMILES string of the molecule is COc1ccc(NC(=O)Nc2nc(-c3cc(Cl)ccc3Cl)cs2)cc1. The van der Waals surface area contributed by atoms with Crippen molar-refractivity contribution in [3.63, 3.8) is 0 Å². The second-order valence-corrected chi connectivity index (χ2v) is 6.67. The first kappa shape index (κ1) is 17.5. The molecule has 2 amide bonds. The molecule has 128 valence electrons. The smallest absolute Gasteiger partial charge is 0.325 e. The fourth-order valence-corrected chi connectivity index (χ4v) is 3.17. The third-order valence-corrected chi connectivity index (χ3v) is 4.60. The van der Waals surface area contributed by atoms with Crippen molar-refractivity contribution in [2.75, 3.05) is 17.7 Å². The summed E-state index contributed by atoms with van der Waals surface area (Å²) < 4.78 is 5.08. The molecule has 3 aromatic rings. The molecule has 0 aliphatic heterocycles. The van der Waals surface area contributed by atoms with E-state index in [1.165, 1.54) is 11.3 Å². The van der Waals surface area contributed by atoms with E-state index in [0.717, 1.165) is 0 Å². The van der Waals surface area contributed by atoms with E-state index in [2.05, 4.69) is 15.6 Å². The van der Waals surface area contributed by atoms with Gasteiger partial charge in [-0.2, -0.15) is 0 Å². The maximum absolute atomic E-state index is 12.1. The van der Waals surface area contributed by atoms with Crippen LogP contribution in [0.2, 0.25) is 10.0 Å². The third kappa shape index (κ3) is 4.42. The zero-order valence-electron chi connectivity index (χ0n) is 13.0. The molecule has 0 saturated heterocycles. The molecule has 0 bridgehead atoms. The third-order valence-electron chi connectivity index (χ3n) is 3.28. The molecule has 0 fully saturated rings. The minimum absolute atomic E-state index is 0.386. The van der Waals surface area contributed by atoms with Crippen LogP contribution in [0.3, 0.4) is 0 Å². The van der Waals surface area contributed by atoms with E-state index in [9.17, 15) is 4.79 Å². The first-order chi connectivity index (χ1) is 12.0. The number of anilines is 2. The summed E-state index contributed by atoms with van der Waals surface area (Å²) in [5, 5.41) is 8.79. The summed E-state index contributed by atoms with van der Waals surface area (Å²) in [7, 11) is 1.58. The number of rotatable bonds is 4. The van der Waals surface area contributed by atoms with Gasteiger partial charge >= 0.3 is 6.03 Å². The average molecular weight is 394 g/mol. The van der Waals surface area contributed by atoms with E-state index in [-0.39, 0.29) is 6.03 Å². The number of carbonyl (C=O) groups excluding carboxylic acids is 1. The van der Waals surface area contributed by atoms with Crippen LogP contribution in [0.15, 0.2) is 47.8 Å². The van der Waals surface area contributed by atoms with Gasteiger partial charge in [-0.15, -0.1) is 11.3 Å². The zero-order chi connectivity index (χ0) is 17.8. The number of halogens is 2. The number of nitrogens with one attached hydrogen (secondary N) is 2. The Bertz CT molecular complexity index is 897. The van der Waals surface area contributed by atoms with Gasteiger partial charge in [0.05, 0.1) is 17.8 Å². The van der Waals surface area contributed by atoms with Crippen molar-refractivity contribution in [1.82, 2.24) is 4.98 Å². The molecular weight excluding hydrogens is 381 g/mol. The first-order valence-corrected chi connectivity index (χ1v) is 8.82. The lowest BCUT2D eigenvalue weighted by molar-refractivity contribution is 0.262. The van der Waals surface area contributed by atoms with Crippen molar-refractivity contribution in [2.45, 2.75) is 0 Å². The molecule has 0 aliphatic carbocycles. The van der Waals surface area contributed by atoms with Gasteiger partial charge in [0.25, 0.3) is 0 Å². The Kier molecular flexibility index (Phi) is 5.43. The minimum Gasteiger partial charge on any atom is -0.497 e. The molecular formula is C17H13Cl2N3O2S. The van der Waals surface area contributed by atoms with Crippen LogP contribution in [0.1, 0.15) is 0 Å². The van der Waals surface area contributed by atoms with Crippen molar-refractivity contribution >= 4 is 51.4 Å². The number of ether oxygens (including phenoxy) is 1. The molecule has 0 atom stereocenters. The van der Waals surface area contributed by atoms with Crippen LogP contribution in [-0.4, -0.2) is 18.1 Å². The van der Waals surface area contributed by atoms with Gasteiger partial charge in [-0.25, -0.2) is 9.78 Å². The molecule has 0 unspecified atom stereocenters. The molecule has 1 aromatic heterocycles. The molecule has 2 aromatic carbocycles. The number of thiazole rings is 1. The lowest BCUT2D eigenvalue weighted by Gasteiger charge is -2.06. The number of benzene rings is 2. The molecule has 2 N–H and O–H groups in total. The molecule has 0 spiro atoms. The first-order valence-electron chi connectivity index (χ1n) is 7.18. The molecule has 0 aliphatic rings. The number of carbonyl (C=O) groups is 1. The van der Waals surface area contributed by atoms with Gasteiger partial charge in [0.15, 0.2) is 5.13 Å². The second-order valence-electron chi connectivity index (χ2n) is 4.97. The average Bonchev–Trinajstić information content (AvgIpc) is 3.05. The fraction of sp³-hybridized carbons (Fsp3) is 0.0588. The Balaban J connectivity index is 1.68. The van der Waals surface area contributed by atoms with Gasteiger partial charge in [-0.1, -0.05) is 23.2 Å². The Labute approximate surface area is 158 Å². The van der Waals surface area contributed by atoms with Crippen LogP contribution in [0.5, 0.6) is 5.75 Å². The fourth-order valence-electron chi connectivity index (χ4n) is 2.08. The summed E-state index contributed by atoms with van der Waals surface area (Å²) in [6.45, 7) is 0. The molecule has 3 rings (SSSR count). The van der Waals surface area contributed by atoms with Crippen LogP contribution in [0.25, 0.3) is 11.3 Å². The van der Waals surface area contributed by atoms with Gasteiger partial charge in [0, 0.05) is 21.7 Å². The van der Waals surface area contributed by atoms with Gasteiger partial charge in [0.1, 0.15) is 5.75 Å². The van der Waals surface area contributed by atoms with E-state index in [1.54, 1.807) is 55.0 Å². The summed E-state index contributed by atoms with van der Waals surface area (Å²) in [5.74, 6) is 0.717. The summed E-state index contributed by atoms with van der Waals surface area (Å²) in [5.41, 5.74) is 2.01. The van der Waals surface area contributed by atoms with Crippen LogP contribution in [0, 0.1) is 0 Å². The number of methoxy groups -OCH3 is 1. The van der Waals surface area contributed by atoms with E-state index < -0.39 is 0 Å². The minimum atomic E-state index is -0.386. The highest BCUT2D eigenvalue weighted by Gasteiger charge is 2.11. The van der Waals surface area contributed by atoms with Crippen LogP contribution < -0.4 is 15.4 Å². The monoisotopic (exact) mass is 393 g/mol. The molecule has 5 nitrogen and oxygen atoms in total. The van der Waals surface area contributed by atoms with Crippen molar-refractivity contribution in [3.8, 4) is 17.0 Å². The number of hydrogen-bond donors (Lipinski definition) is 2. The summed E-state index contributed by atoms with van der Waals surface area (Å²) in [6, 6.07) is 11.8. The zero-order valence-corrected chi connectivity index (χ0v) is 15.4. The van der Waals surface area contributed by atoms with Gasteiger partial charge in [-0.3, -0.25) is 5.32 Å². The van der Waals surface area contributed by atoms with Gasteiger partial charge in [-0.05, 0) is 42.5 Å². The topological polar surface area (TPSA) is 63.2 Å². The largest absolute Gasteiger partial charge is 0.497 e. The lowest BCUT2D eigenvalue weighted by Crippen LogP contribution is -2.19. The normalized spacial score (nSPS) is 10.4. The predicted molar refractivity (Wildman–Crippen MR) is 103 cm³/mol. The van der Waals surface area contributed by atoms with E-state index >= 15 is 0 Å². The predicted octanol–water partition coefficient (Wildman–Crippen LogP) is 5.77. The number of hydrogen-bond acceptors (Lipinski definition) is 4. The van der Waals surface area contributed by atoms with Crippen LogP contribution in [0.4, 0.5) is 15.6 Å². The number of nitrogens with zero attached hydrogens (tertiary/aromatic N) is 1. The van der Waals surface area contributed by atoms with Crippen molar-refractivity contribution in [3.05, 3.63) is 57.9 Å². The molecule has 1 heterocycles. The molecule has 0 saturated carbocycles. The van der Waals surface area contributed by atoms with Crippen LogP contribution in [-0.2, 0) is 0 Å². The number of urea groups is 1. The summed E-state index contributed by atoms with van der Waals surface area (Å²) in [6.07, 6.45) is 0. The Morgan fingerprint density at radius 3 is 2.60 bits per heavy atom. The van der Waals surface area contributed by atoms with Crippen molar-refractivity contribution in [2.24, 2.45) is 0 Å². The van der Waals surface area contributed by atoms with Gasteiger partial charge in [0.2, 0.25) is 0 Å². The second kappa shape index (κ2) is 7.74.